The van der Waals surface area contributed by atoms with Crippen molar-refractivity contribution in [2.75, 3.05) is 7.11 Å². The average Bonchev–Trinajstić information content (AvgIpc) is 2.37. The summed E-state index contributed by atoms with van der Waals surface area (Å²) < 4.78 is 7.06. The molecule has 2 aromatic rings. The van der Waals surface area contributed by atoms with E-state index in [-0.39, 0.29) is 5.38 Å². The molecule has 1 nitrogen and oxygen atoms in total. The van der Waals surface area contributed by atoms with E-state index >= 15 is 0 Å². The van der Waals surface area contributed by atoms with Crippen LogP contribution in [0.25, 0.3) is 0 Å². The highest BCUT2D eigenvalue weighted by Crippen LogP contribution is 2.39. The van der Waals surface area contributed by atoms with E-state index in [1.807, 2.05) is 30.3 Å². The van der Waals surface area contributed by atoms with Gasteiger partial charge in [0.2, 0.25) is 0 Å². The van der Waals surface area contributed by atoms with Crippen LogP contribution in [0.5, 0.6) is 5.75 Å². The van der Waals surface area contributed by atoms with Crippen molar-refractivity contribution in [3.63, 3.8) is 0 Å². The number of rotatable bonds is 3. The molecule has 1 unspecified atom stereocenters. The van der Waals surface area contributed by atoms with Gasteiger partial charge in [-0.05, 0) is 35.4 Å². The first-order chi connectivity index (χ1) is 9.02. The van der Waals surface area contributed by atoms with Crippen molar-refractivity contribution in [3.8, 4) is 5.75 Å². The highest BCUT2D eigenvalue weighted by Gasteiger charge is 2.17. The number of halogens is 4. The first-order valence-corrected chi connectivity index (χ1v) is 7.85. The second-order valence-corrected chi connectivity index (χ2v) is 6.53. The summed E-state index contributed by atoms with van der Waals surface area (Å²) in [6.07, 6.45) is 0. The molecule has 2 rings (SSSR count). The Kier molecular flexibility index (Phi) is 5.18. The van der Waals surface area contributed by atoms with E-state index in [0.29, 0.717) is 10.8 Å². The fraction of sp³-hybridized carbons (Fsp3) is 0.143. The second kappa shape index (κ2) is 6.49. The smallest absolute Gasteiger partial charge is 0.120 e. The Hall–Kier alpha value is -0.220. The first-order valence-electron chi connectivity index (χ1n) is 5.45. The summed E-state index contributed by atoms with van der Waals surface area (Å²) in [6.45, 7) is 0. The van der Waals surface area contributed by atoms with Gasteiger partial charge >= 0.3 is 0 Å². The predicted octanol–water partition coefficient (Wildman–Crippen LogP) is 6.20. The van der Waals surface area contributed by atoms with Gasteiger partial charge in [-0.15, -0.1) is 11.6 Å². The van der Waals surface area contributed by atoms with E-state index in [1.54, 1.807) is 13.2 Å². The number of hydrogen-bond acceptors (Lipinski definition) is 1. The van der Waals surface area contributed by atoms with Gasteiger partial charge in [-0.3, -0.25) is 0 Å². The van der Waals surface area contributed by atoms with Crippen LogP contribution in [-0.4, -0.2) is 7.11 Å². The Bertz CT molecular complexity index is 602. The zero-order valence-corrected chi connectivity index (χ0v) is 14.6. The Morgan fingerprint density at radius 2 is 1.74 bits per heavy atom. The van der Waals surface area contributed by atoms with Gasteiger partial charge in [-0.1, -0.05) is 55.6 Å². The fourth-order valence-electron chi connectivity index (χ4n) is 1.71. The van der Waals surface area contributed by atoms with Crippen LogP contribution in [0.3, 0.4) is 0 Å². The van der Waals surface area contributed by atoms with Gasteiger partial charge in [-0.25, -0.2) is 0 Å². The van der Waals surface area contributed by atoms with E-state index in [2.05, 4.69) is 31.9 Å². The summed E-state index contributed by atoms with van der Waals surface area (Å²) in [5, 5.41) is 0.273. The number of hydrogen-bond donors (Lipinski definition) is 0. The van der Waals surface area contributed by atoms with Gasteiger partial charge < -0.3 is 4.74 Å². The third-order valence-electron chi connectivity index (χ3n) is 2.72. The van der Waals surface area contributed by atoms with Crippen LogP contribution in [0, 0.1) is 0 Å². The summed E-state index contributed by atoms with van der Waals surface area (Å²) in [7, 11) is 1.61. The van der Waals surface area contributed by atoms with Crippen LogP contribution >= 0.6 is 55.1 Å². The maximum absolute atomic E-state index is 6.52. The normalized spacial score (nSPS) is 12.3. The minimum Gasteiger partial charge on any atom is -0.497 e. The summed E-state index contributed by atoms with van der Waals surface area (Å²) in [5.74, 6) is 0.715. The zero-order valence-electron chi connectivity index (χ0n) is 9.96. The molecule has 0 fully saturated rings. The highest BCUT2D eigenvalue weighted by molar-refractivity contribution is 9.11. The number of benzene rings is 2. The molecule has 0 aromatic heterocycles. The lowest BCUT2D eigenvalue weighted by atomic mass is 10.0. The molecule has 0 spiro atoms. The lowest BCUT2D eigenvalue weighted by Crippen LogP contribution is -1.96. The predicted molar refractivity (Wildman–Crippen MR) is 87.5 cm³/mol. The van der Waals surface area contributed by atoms with Crippen molar-refractivity contribution >= 4 is 55.1 Å². The lowest BCUT2D eigenvalue weighted by Gasteiger charge is -2.15. The third kappa shape index (κ3) is 3.46. The van der Waals surface area contributed by atoms with Gasteiger partial charge in [0.05, 0.1) is 12.5 Å². The molecule has 0 amide bonds. The molecule has 0 N–H and O–H groups in total. The van der Waals surface area contributed by atoms with E-state index in [1.165, 1.54) is 0 Å². The molecule has 0 bridgehead atoms. The maximum Gasteiger partial charge on any atom is 0.120 e. The van der Waals surface area contributed by atoms with Crippen LogP contribution in [0.1, 0.15) is 16.5 Å². The summed E-state index contributed by atoms with van der Waals surface area (Å²) in [4.78, 5) is 0. The van der Waals surface area contributed by atoms with E-state index in [0.717, 1.165) is 20.1 Å². The van der Waals surface area contributed by atoms with Crippen molar-refractivity contribution in [2.24, 2.45) is 0 Å². The average molecular weight is 425 g/mol. The van der Waals surface area contributed by atoms with Gasteiger partial charge in [0.25, 0.3) is 0 Å². The van der Waals surface area contributed by atoms with Crippen molar-refractivity contribution in [2.45, 2.75) is 5.38 Å². The molecule has 0 aliphatic carbocycles. The van der Waals surface area contributed by atoms with Crippen molar-refractivity contribution in [3.05, 3.63) is 61.5 Å². The summed E-state index contributed by atoms with van der Waals surface area (Å²) in [6, 6.07) is 11.4. The molecule has 0 aliphatic heterocycles. The molecular formula is C14H10Br2Cl2O. The Balaban J connectivity index is 2.41. The Morgan fingerprint density at radius 1 is 1.05 bits per heavy atom. The standard InChI is InChI=1S/C14H10Br2Cl2O/c1-19-9-3-5-11(13(17)7-9)14(18)10-4-2-8(15)6-12(10)16/h2-7,14H,1H3. The molecular weight excluding hydrogens is 415 g/mol. The fourth-order valence-corrected chi connectivity index (χ4v) is 3.84. The molecule has 100 valence electrons. The van der Waals surface area contributed by atoms with Gasteiger partial charge in [0.1, 0.15) is 5.75 Å². The van der Waals surface area contributed by atoms with Crippen LogP contribution in [0.4, 0.5) is 0 Å². The number of ether oxygens (including phenoxy) is 1. The molecule has 19 heavy (non-hydrogen) atoms. The lowest BCUT2D eigenvalue weighted by molar-refractivity contribution is 0.414. The van der Waals surface area contributed by atoms with Gasteiger partial charge in [0, 0.05) is 14.0 Å². The molecule has 0 saturated carbocycles. The third-order valence-corrected chi connectivity index (χ3v) is 4.69. The first kappa shape index (κ1) is 15.2. The van der Waals surface area contributed by atoms with Crippen molar-refractivity contribution < 1.29 is 4.74 Å². The van der Waals surface area contributed by atoms with Crippen LogP contribution < -0.4 is 4.74 Å². The molecule has 0 heterocycles. The van der Waals surface area contributed by atoms with Gasteiger partial charge in [-0.2, -0.15) is 0 Å². The topological polar surface area (TPSA) is 9.23 Å². The van der Waals surface area contributed by atoms with Gasteiger partial charge in [0.15, 0.2) is 0 Å². The summed E-state index contributed by atoms with van der Waals surface area (Å²) in [5.41, 5.74) is 1.82. The number of alkyl halides is 1. The molecule has 1 atom stereocenters. The largest absolute Gasteiger partial charge is 0.497 e. The van der Waals surface area contributed by atoms with Crippen LogP contribution in [-0.2, 0) is 0 Å². The molecule has 2 aromatic carbocycles. The van der Waals surface area contributed by atoms with Crippen LogP contribution in [0.15, 0.2) is 45.3 Å². The Morgan fingerprint density at radius 3 is 2.32 bits per heavy atom. The number of methoxy groups -OCH3 is 1. The SMILES string of the molecule is COc1ccc(C(Cl)c2ccc(Br)cc2Br)c(Cl)c1. The summed E-state index contributed by atoms with van der Waals surface area (Å²) >= 11 is 19.7. The van der Waals surface area contributed by atoms with Crippen molar-refractivity contribution in [1.82, 2.24) is 0 Å². The van der Waals surface area contributed by atoms with E-state index in [4.69, 9.17) is 27.9 Å². The molecule has 0 saturated heterocycles. The zero-order chi connectivity index (χ0) is 14.0. The van der Waals surface area contributed by atoms with Crippen molar-refractivity contribution in [1.29, 1.82) is 0 Å². The minimum atomic E-state index is -0.319. The monoisotopic (exact) mass is 422 g/mol. The molecule has 0 radical (unpaired) electrons. The maximum atomic E-state index is 6.52. The van der Waals surface area contributed by atoms with E-state index in [9.17, 15) is 0 Å². The van der Waals surface area contributed by atoms with E-state index < -0.39 is 0 Å². The van der Waals surface area contributed by atoms with Crippen LogP contribution in [0.2, 0.25) is 5.02 Å². The highest BCUT2D eigenvalue weighted by atomic mass is 79.9. The molecule has 0 aliphatic rings. The Labute approximate surface area is 139 Å². The minimum absolute atomic E-state index is 0.319. The second-order valence-electron chi connectivity index (χ2n) is 3.92. The quantitative estimate of drug-likeness (QED) is 0.533. The molecule has 5 heteroatoms.